The van der Waals surface area contributed by atoms with Crippen LogP contribution in [0, 0.1) is 5.82 Å². The molecule has 0 spiro atoms. The Morgan fingerprint density at radius 3 is 2.56 bits per heavy atom. The van der Waals surface area contributed by atoms with Crippen molar-refractivity contribution >= 4 is 23.2 Å². The molecule has 132 valence electrons. The lowest BCUT2D eigenvalue weighted by Gasteiger charge is -2.36. The van der Waals surface area contributed by atoms with Crippen LogP contribution in [0.2, 0.25) is 5.02 Å². The lowest BCUT2D eigenvalue weighted by atomic mass is 10.2. The lowest BCUT2D eigenvalue weighted by molar-refractivity contribution is 0.0947. The summed E-state index contributed by atoms with van der Waals surface area (Å²) in [5, 5.41) is 3.47. The Morgan fingerprint density at radius 2 is 1.84 bits per heavy atom. The van der Waals surface area contributed by atoms with Crippen molar-refractivity contribution < 1.29 is 9.18 Å². The second-order valence-electron chi connectivity index (χ2n) is 6.05. The molecule has 1 aliphatic heterocycles. The third kappa shape index (κ3) is 4.71. The van der Waals surface area contributed by atoms with Crippen LogP contribution in [0.15, 0.2) is 48.5 Å². The molecule has 0 bridgehead atoms. The minimum Gasteiger partial charge on any atom is -0.367 e. The Kier molecular flexibility index (Phi) is 5.89. The summed E-state index contributed by atoms with van der Waals surface area (Å²) in [5.74, 6) is -0.294. The van der Waals surface area contributed by atoms with Crippen LogP contribution in [0.4, 0.5) is 10.1 Å². The third-order valence-electron chi connectivity index (χ3n) is 4.37. The van der Waals surface area contributed by atoms with Crippen molar-refractivity contribution in [1.82, 2.24) is 10.2 Å². The predicted octanol–water partition coefficient (Wildman–Crippen LogP) is 3.03. The number of anilines is 1. The summed E-state index contributed by atoms with van der Waals surface area (Å²) in [5.41, 5.74) is 1.23. The van der Waals surface area contributed by atoms with E-state index in [-0.39, 0.29) is 11.7 Å². The van der Waals surface area contributed by atoms with E-state index in [4.69, 9.17) is 11.6 Å². The molecular formula is C19H21ClFN3O. The Labute approximate surface area is 152 Å². The number of nitrogens with one attached hydrogen (secondary N) is 1. The average molecular weight is 362 g/mol. The van der Waals surface area contributed by atoms with E-state index < -0.39 is 0 Å². The van der Waals surface area contributed by atoms with Gasteiger partial charge in [-0.2, -0.15) is 0 Å². The fourth-order valence-electron chi connectivity index (χ4n) is 2.98. The molecular weight excluding hydrogens is 341 g/mol. The molecule has 2 aromatic carbocycles. The number of halogens is 2. The highest BCUT2D eigenvalue weighted by Gasteiger charge is 2.19. The normalized spacial score (nSPS) is 15.2. The Hall–Kier alpha value is -2.11. The third-order valence-corrected chi connectivity index (χ3v) is 4.60. The Bertz CT molecular complexity index is 732. The average Bonchev–Trinajstić information content (AvgIpc) is 2.63. The van der Waals surface area contributed by atoms with Gasteiger partial charge in [-0.15, -0.1) is 0 Å². The van der Waals surface area contributed by atoms with Crippen molar-refractivity contribution in [3.05, 3.63) is 64.9 Å². The fraction of sp³-hybridized carbons (Fsp3) is 0.316. The van der Waals surface area contributed by atoms with Gasteiger partial charge >= 0.3 is 0 Å². The van der Waals surface area contributed by atoms with Gasteiger partial charge in [-0.05, 0) is 30.3 Å². The quantitative estimate of drug-likeness (QED) is 0.889. The topological polar surface area (TPSA) is 35.6 Å². The van der Waals surface area contributed by atoms with Crippen molar-refractivity contribution in [2.75, 3.05) is 44.2 Å². The molecule has 1 fully saturated rings. The van der Waals surface area contributed by atoms with E-state index in [2.05, 4.69) is 15.1 Å². The molecule has 1 amide bonds. The zero-order valence-corrected chi connectivity index (χ0v) is 14.7. The van der Waals surface area contributed by atoms with Gasteiger partial charge in [0.25, 0.3) is 5.91 Å². The first-order valence-corrected chi connectivity index (χ1v) is 8.77. The summed E-state index contributed by atoms with van der Waals surface area (Å²) in [6.45, 7) is 4.61. The largest absolute Gasteiger partial charge is 0.367 e. The second kappa shape index (κ2) is 8.32. The van der Waals surface area contributed by atoms with Crippen LogP contribution in [0.5, 0.6) is 0 Å². The zero-order valence-electron chi connectivity index (χ0n) is 13.9. The molecule has 1 heterocycles. The smallest absolute Gasteiger partial charge is 0.251 e. The van der Waals surface area contributed by atoms with Crippen molar-refractivity contribution in [1.29, 1.82) is 0 Å². The summed E-state index contributed by atoms with van der Waals surface area (Å²) in [4.78, 5) is 16.4. The van der Waals surface area contributed by atoms with Crippen LogP contribution in [0.25, 0.3) is 0 Å². The summed E-state index contributed by atoms with van der Waals surface area (Å²) in [6.07, 6.45) is 0. The summed E-state index contributed by atoms with van der Waals surface area (Å²) >= 11 is 5.90. The standard InChI is InChI=1S/C19H21ClFN3O/c20-16-5-3-4-15(14-16)19(25)22-8-9-23-10-12-24(13-11-23)18-7-2-1-6-17(18)21/h1-7,14H,8-13H2,(H,22,25). The molecule has 0 atom stereocenters. The van der Waals surface area contributed by atoms with E-state index in [1.165, 1.54) is 6.07 Å². The molecule has 25 heavy (non-hydrogen) atoms. The van der Waals surface area contributed by atoms with E-state index >= 15 is 0 Å². The number of hydrogen-bond donors (Lipinski definition) is 1. The fourth-order valence-corrected chi connectivity index (χ4v) is 3.17. The number of hydrogen-bond acceptors (Lipinski definition) is 3. The van der Waals surface area contributed by atoms with Crippen LogP contribution in [0.1, 0.15) is 10.4 Å². The molecule has 1 N–H and O–H groups in total. The summed E-state index contributed by atoms with van der Waals surface area (Å²) in [6, 6.07) is 13.8. The number of benzene rings is 2. The second-order valence-corrected chi connectivity index (χ2v) is 6.48. The predicted molar refractivity (Wildman–Crippen MR) is 98.8 cm³/mol. The van der Waals surface area contributed by atoms with Gasteiger partial charge in [-0.1, -0.05) is 29.8 Å². The molecule has 2 aromatic rings. The van der Waals surface area contributed by atoms with Gasteiger partial charge in [0.15, 0.2) is 0 Å². The number of carbonyl (C=O) groups excluding carboxylic acids is 1. The number of piperazine rings is 1. The minimum atomic E-state index is -0.176. The van der Waals surface area contributed by atoms with Crippen molar-refractivity contribution in [2.45, 2.75) is 0 Å². The first-order valence-electron chi connectivity index (χ1n) is 8.39. The van der Waals surface area contributed by atoms with Crippen LogP contribution in [-0.2, 0) is 0 Å². The van der Waals surface area contributed by atoms with E-state index in [0.717, 1.165) is 32.7 Å². The van der Waals surface area contributed by atoms with Gasteiger partial charge in [0.1, 0.15) is 5.82 Å². The zero-order chi connectivity index (χ0) is 17.6. The van der Waals surface area contributed by atoms with Gasteiger partial charge in [0, 0.05) is 49.9 Å². The molecule has 3 rings (SSSR count). The number of carbonyl (C=O) groups is 1. The molecule has 6 heteroatoms. The van der Waals surface area contributed by atoms with Crippen molar-refractivity contribution in [3.63, 3.8) is 0 Å². The number of para-hydroxylation sites is 1. The summed E-state index contributed by atoms with van der Waals surface area (Å²) in [7, 11) is 0. The van der Waals surface area contributed by atoms with Crippen LogP contribution in [-0.4, -0.2) is 50.1 Å². The molecule has 1 aliphatic rings. The molecule has 1 saturated heterocycles. The van der Waals surface area contributed by atoms with Gasteiger partial charge in [0.2, 0.25) is 0 Å². The molecule has 4 nitrogen and oxygen atoms in total. The highest BCUT2D eigenvalue weighted by atomic mass is 35.5. The first-order chi connectivity index (χ1) is 12.1. The van der Waals surface area contributed by atoms with Gasteiger partial charge in [-0.3, -0.25) is 9.69 Å². The Balaban J connectivity index is 1.42. The number of rotatable bonds is 5. The van der Waals surface area contributed by atoms with Crippen LogP contribution >= 0.6 is 11.6 Å². The van der Waals surface area contributed by atoms with Gasteiger partial charge in [-0.25, -0.2) is 4.39 Å². The van der Waals surface area contributed by atoms with Crippen molar-refractivity contribution in [3.8, 4) is 0 Å². The van der Waals surface area contributed by atoms with E-state index in [1.807, 2.05) is 12.1 Å². The first kappa shape index (κ1) is 17.7. The van der Waals surface area contributed by atoms with E-state index in [0.29, 0.717) is 22.8 Å². The molecule has 0 radical (unpaired) electrons. The Morgan fingerprint density at radius 1 is 1.08 bits per heavy atom. The molecule has 0 saturated carbocycles. The minimum absolute atomic E-state index is 0.118. The number of nitrogens with zero attached hydrogens (tertiary/aromatic N) is 2. The van der Waals surface area contributed by atoms with Gasteiger partial charge < -0.3 is 10.2 Å². The van der Waals surface area contributed by atoms with Crippen LogP contribution in [0.3, 0.4) is 0 Å². The maximum absolute atomic E-state index is 13.8. The maximum atomic E-state index is 13.8. The van der Waals surface area contributed by atoms with E-state index in [9.17, 15) is 9.18 Å². The van der Waals surface area contributed by atoms with E-state index in [1.54, 1.807) is 30.3 Å². The lowest BCUT2D eigenvalue weighted by Crippen LogP contribution is -2.48. The SMILES string of the molecule is O=C(NCCN1CCN(c2ccccc2F)CC1)c1cccc(Cl)c1. The maximum Gasteiger partial charge on any atom is 0.251 e. The molecule has 0 aromatic heterocycles. The summed E-state index contributed by atoms with van der Waals surface area (Å²) < 4.78 is 13.8. The van der Waals surface area contributed by atoms with Gasteiger partial charge in [0.05, 0.1) is 5.69 Å². The monoisotopic (exact) mass is 361 g/mol. The van der Waals surface area contributed by atoms with Crippen LogP contribution < -0.4 is 10.2 Å². The highest BCUT2D eigenvalue weighted by Crippen LogP contribution is 2.19. The van der Waals surface area contributed by atoms with Crippen molar-refractivity contribution in [2.24, 2.45) is 0 Å². The molecule has 0 unspecified atom stereocenters. The molecule has 0 aliphatic carbocycles. The highest BCUT2D eigenvalue weighted by molar-refractivity contribution is 6.30. The number of amides is 1.